The first-order valence-electron chi connectivity index (χ1n) is 6.30. The van der Waals surface area contributed by atoms with E-state index in [9.17, 15) is 8.42 Å². The Kier molecular flexibility index (Phi) is 4.84. The maximum Gasteiger partial charge on any atom is 0.263 e. The van der Waals surface area contributed by atoms with Crippen LogP contribution in [0.25, 0.3) is 0 Å². The molecule has 0 atom stereocenters. The van der Waals surface area contributed by atoms with E-state index in [1.165, 1.54) is 12.1 Å². The van der Waals surface area contributed by atoms with Crippen molar-refractivity contribution < 1.29 is 13.2 Å². The first-order chi connectivity index (χ1) is 9.92. The number of nitrogens with one attached hydrogen (secondary N) is 1. The second kappa shape index (κ2) is 6.44. The summed E-state index contributed by atoms with van der Waals surface area (Å²) in [6, 6.07) is 7.91. The van der Waals surface area contributed by atoms with Crippen molar-refractivity contribution in [1.29, 1.82) is 0 Å². The highest BCUT2D eigenvalue weighted by molar-refractivity contribution is 9.10. The molecule has 0 amide bonds. The lowest BCUT2D eigenvalue weighted by molar-refractivity contribution is 0.340. The summed E-state index contributed by atoms with van der Waals surface area (Å²) in [4.78, 5) is 4.20. The number of hydrogen-bond acceptors (Lipinski definition) is 4. The van der Waals surface area contributed by atoms with Gasteiger partial charge in [-0.1, -0.05) is 0 Å². The van der Waals surface area contributed by atoms with Crippen molar-refractivity contribution in [3.8, 4) is 5.75 Å². The van der Waals surface area contributed by atoms with E-state index in [1.807, 2.05) is 13.8 Å². The number of nitrogens with zero attached hydrogens (tertiary/aromatic N) is 1. The van der Waals surface area contributed by atoms with Gasteiger partial charge >= 0.3 is 0 Å². The van der Waals surface area contributed by atoms with Crippen LogP contribution in [0.5, 0.6) is 5.75 Å². The van der Waals surface area contributed by atoms with Gasteiger partial charge in [0.2, 0.25) is 0 Å². The average molecular weight is 371 g/mol. The van der Waals surface area contributed by atoms with Crippen molar-refractivity contribution in [2.24, 2.45) is 0 Å². The van der Waals surface area contributed by atoms with Gasteiger partial charge in [-0.3, -0.25) is 4.72 Å². The monoisotopic (exact) mass is 370 g/mol. The standard InChI is InChI=1S/C14H15BrN2O3S/c1-3-20-11-4-6-12(7-5-11)21(18,19)17-14-8-10(2)13(15)9-16-14/h4-9H,3H2,1-2H3,(H,16,17). The molecule has 0 bridgehead atoms. The van der Waals surface area contributed by atoms with Crippen LogP contribution in [0.15, 0.2) is 45.9 Å². The van der Waals surface area contributed by atoms with Crippen LogP contribution in [0.2, 0.25) is 0 Å². The van der Waals surface area contributed by atoms with Gasteiger partial charge in [0.15, 0.2) is 0 Å². The summed E-state index contributed by atoms with van der Waals surface area (Å²) in [6.45, 7) is 4.26. The molecule has 0 fully saturated rings. The second-order valence-electron chi connectivity index (χ2n) is 4.33. The fraction of sp³-hybridized carbons (Fsp3) is 0.214. The summed E-state index contributed by atoms with van der Waals surface area (Å²) in [6.07, 6.45) is 1.56. The van der Waals surface area contributed by atoms with Crippen LogP contribution in [0.3, 0.4) is 0 Å². The zero-order valence-electron chi connectivity index (χ0n) is 11.6. The molecule has 0 saturated carbocycles. The van der Waals surface area contributed by atoms with Crippen LogP contribution in [-0.4, -0.2) is 20.0 Å². The smallest absolute Gasteiger partial charge is 0.263 e. The highest BCUT2D eigenvalue weighted by atomic mass is 79.9. The first kappa shape index (κ1) is 15.8. The minimum atomic E-state index is -3.66. The van der Waals surface area contributed by atoms with Gasteiger partial charge in [-0.15, -0.1) is 0 Å². The van der Waals surface area contributed by atoms with Crippen LogP contribution in [0.4, 0.5) is 5.82 Å². The van der Waals surface area contributed by atoms with Crippen molar-refractivity contribution in [2.45, 2.75) is 18.7 Å². The number of benzene rings is 1. The lowest BCUT2D eigenvalue weighted by atomic mass is 10.3. The van der Waals surface area contributed by atoms with Crippen LogP contribution in [0, 0.1) is 6.92 Å². The van der Waals surface area contributed by atoms with Crippen LogP contribution in [-0.2, 0) is 10.0 Å². The summed E-state index contributed by atoms with van der Waals surface area (Å²) in [7, 11) is -3.66. The maximum atomic E-state index is 12.3. The normalized spacial score (nSPS) is 11.2. The van der Waals surface area contributed by atoms with Gasteiger partial charge in [0, 0.05) is 10.7 Å². The third-order valence-corrected chi connectivity index (χ3v) is 4.93. The third kappa shape index (κ3) is 3.95. The fourth-order valence-corrected chi connectivity index (χ4v) is 2.89. The molecule has 7 heteroatoms. The van der Waals surface area contributed by atoms with E-state index in [1.54, 1.807) is 24.4 Å². The topological polar surface area (TPSA) is 68.3 Å². The van der Waals surface area contributed by atoms with E-state index in [4.69, 9.17) is 4.74 Å². The van der Waals surface area contributed by atoms with Crippen molar-refractivity contribution >= 4 is 31.8 Å². The molecule has 0 aliphatic rings. The van der Waals surface area contributed by atoms with E-state index in [-0.39, 0.29) is 10.7 Å². The molecule has 1 aromatic carbocycles. The zero-order chi connectivity index (χ0) is 15.5. The quantitative estimate of drug-likeness (QED) is 0.875. The molecule has 0 radical (unpaired) electrons. The molecule has 0 aliphatic carbocycles. The Morgan fingerprint density at radius 3 is 2.52 bits per heavy atom. The molecule has 0 saturated heterocycles. The van der Waals surface area contributed by atoms with Crippen LogP contribution >= 0.6 is 15.9 Å². The van der Waals surface area contributed by atoms with Gasteiger partial charge < -0.3 is 4.74 Å². The number of rotatable bonds is 5. The number of anilines is 1. The van der Waals surface area contributed by atoms with E-state index in [0.717, 1.165) is 10.0 Å². The molecule has 2 rings (SSSR count). The number of aromatic nitrogens is 1. The molecule has 112 valence electrons. The SMILES string of the molecule is CCOc1ccc(S(=O)(=O)Nc2cc(C)c(Br)cn2)cc1. The molecule has 0 aliphatic heterocycles. The summed E-state index contributed by atoms with van der Waals surface area (Å²) >= 11 is 3.32. The predicted molar refractivity (Wildman–Crippen MR) is 85.1 cm³/mol. The summed E-state index contributed by atoms with van der Waals surface area (Å²) in [5.41, 5.74) is 0.898. The summed E-state index contributed by atoms with van der Waals surface area (Å²) in [5.74, 6) is 0.915. The summed E-state index contributed by atoms with van der Waals surface area (Å²) < 4.78 is 33.1. The number of ether oxygens (including phenoxy) is 1. The Labute approximate surface area is 132 Å². The molecular formula is C14H15BrN2O3S. The molecule has 1 heterocycles. The minimum Gasteiger partial charge on any atom is -0.494 e. The van der Waals surface area contributed by atoms with Crippen LogP contribution in [0.1, 0.15) is 12.5 Å². The fourth-order valence-electron chi connectivity index (χ4n) is 1.67. The van der Waals surface area contributed by atoms with Crippen molar-refractivity contribution in [3.63, 3.8) is 0 Å². The molecule has 0 spiro atoms. The van der Waals surface area contributed by atoms with E-state index in [0.29, 0.717) is 12.4 Å². The Bertz CT molecular complexity index is 730. The first-order valence-corrected chi connectivity index (χ1v) is 8.58. The van der Waals surface area contributed by atoms with Gasteiger partial charge in [-0.25, -0.2) is 13.4 Å². The Morgan fingerprint density at radius 2 is 1.95 bits per heavy atom. The molecule has 0 unspecified atom stereocenters. The molecule has 1 N–H and O–H groups in total. The van der Waals surface area contributed by atoms with Gasteiger partial charge in [-0.2, -0.15) is 0 Å². The van der Waals surface area contributed by atoms with Gasteiger partial charge in [0.25, 0.3) is 10.0 Å². The largest absolute Gasteiger partial charge is 0.494 e. The number of hydrogen-bond donors (Lipinski definition) is 1. The Morgan fingerprint density at radius 1 is 1.29 bits per heavy atom. The number of sulfonamides is 1. The highest BCUT2D eigenvalue weighted by Crippen LogP contribution is 2.21. The van der Waals surface area contributed by atoms with Gasteiger partial charge in [-0.05, 0) is 65.7 Å². The second-order valence-corrected chi connectivity index (χ2v) is 6.87. The number of pyridine rings is 1. The van der Waals surface area contributed by atoms with Gasteiger partial charge in [0.1, 0.15) is 11.6 Å². The highest BCUT2D eigenvalue weighted by Gasteiger charge is 2.15. The predicted octanol–water partition coefficient (Wildman–Crippen LogP) is 3.35. The van der Waals surface area contributed by atoms with E-state index >= 15 is 0 Å². The molecule has 21 heavy (non-hydrogen) atoms. The van der Waals surface area contributed by atoms with E-state index < -0.39 is 10.0 Å². The van der Waals surface area contributed by atoms with Crippen LogP contribution < -0.4 is 9.46 Å². The van der Waals surface area contributed by atoms with Gasteiger partial charge in [0.05, 0.1) is 11.5 Å². The molecular weight excluding hydrogens is 356 g/mol. The Balaban J connectivity index is 2.23. The minimum absolute atomic E-state index is 0.160. The maximum absolute atomic E-state index is 12.3. The van der Waals surface area contributed by atoms with Crippen molar-refractivity contribution in [1.82, 2.24) is 4.98 Å². The van der Waals surface area contributed by atoms with Crippen molar-refractivity contribution in [2.75, 3.05) is 11.3 Å². The third-order valence-electron chi connectivity index (χ3n) is 2.73. The lowest BCUT2D eigenvalue weighted by Gasteiger charge is -2.09. The average Bonchev–Trinajstić information content (AvgIpc) is 2.44. The number of aryl methyl sites for hydroxylation is 1. The van der Waals surface area contributed by atoms with Crippen molar-refractivity contribution in [3.05, 3.63) is 46.6 Å². The Hall–Kier alpha value is -1.60. The molecule has 2 aromatic rings. The summed E-state index contributed by atoms with van der Waals surface area (Å²) in [5, 5.41) is 0. The van der Waals surface area contributed by atoms with E-state index in [2.05, 4.69) is 25.6 Å². The molecule has 1 aromatic heterocycles. The lowest BCUT2D eigenvalue weighted by Crippen LogP contribution is -2.14. The zero-order valence-corrected chi connectivity index (χ0v) is 14.0. The molecule has 5 nitrogen and oxygen atoms in total. The number of halogens is 1.